The minimum absolute atomic E-state index is 0.263. The number of nitrogens with one attached hydrogen (secondary N) is 1. The lowest BCUT2D eigenvalue weighted by Gasteiger charge is -2.24. The van der Waals surface area contributed by atoms with Crippen molar-refractivity contribution in [2.24, 2.45) is 0 Å². The van der Waals surface area contributed by atoms with E-state index in [1.807, 2.05) is 0 Å². The normalized spacial score (nSPS) is 18.8. The third-order valence-corrected chi connectivity index (χ3v) is 3.19. The fraction of sp³-hybridized carbons (Fsp3) is 0.500. The number of benzene rings is 1. The molecule has 0 saturated carbocycles. The number of rotatable bonds is 3. The quantitative estimate of drug-likeness (QED) is 0.843. The number of carbonyl (C=O) groups excluding carboxylic acids is 1. The second-order valence-corrected chi connectivity index (χ2v) is 4.78. The summed E-state index contributed by atoms with van der Waals surface area (Å²) in [6, 6.07) is 7.12. The SMILES string of the molecule is CC(=O)CCc1ccc2c(c1)N[C@H](C)CC2. The van der Waals surface area contributed by atoms with E-state index in [1.54, 1.807) is 6.92 Å². The van der Waals surface area contributed by atoms with Crippen LogP contribution in [0.1, 0.15) is 37.8 Å². The molecule has 86 valence electrons. The molecule has 1 aromatic carbocycles. The summed E-state index contributed by atoms with van der Waals surface area (Å²) in [5, 5.41) is 3.50. The highest BCUT2D eigenvalue weighted by molar-refractivity contribution is 5.75. The second kappa shape index (κ2) is 4.69. The van der Waals surface area contributed by atoms with Crippen LogP contribution in [0, 0.1) is 0 Å². The third kappa shape index (κ3) is 2.63. The number of fused-ring (bicyclic) bond motifs is 1. The second-order valence-electron chi connectivity index (χ2n) is 4.78. The van der Waals surface area contributed by atoms with E-state index in [1.165, 1.54) is 23.2 Å². The Kier molecular flexibility index (Phi) is 3.28. The first kappa shape index (κ1) is 11.2. The maximum absolute atomic E-state index is 10.9. The highest BCUT2D eigenvalue weighted by Crippen LogP contribution is 2.26. The van der Waals surface area contributed by atoms with Crippen LogP contribution in [0.2, 0.25) is 0 Å². The van der Waals surface area contributed by atoms with Crippen LogP contribution in [0.25, 0.3) is 0 Å². The van der Waals surface area contributed by atoms with Crippen LogP contribution in [-0.4, -0.2) is 11.8 Å². The van der Waals surface area contributed by atoms with Crippen molar-refractivity contribution in [2.45, 2.75) is 45.6 Å². The van der Waals surface area contributed by atoms with Crippen molar-refractivity contribution >= 4 is 11.5 Å². The van der Waals surface area contributed by atoms with Crippen LogP contribution in [0.4, 0.5) is 5.69 Å². The Morgan fingerprint density at radius 1 is 1.50 bits per heavy atom. The Morgan fingerprint density at radius 3 is 3.06 bits per heavy atom. The molecule has 2 nitrogen and oxygen atoms in total. The molecule has 0 spiro atoms. The third-order valence-electron chi connectivity index (χ3n) is 3.19. The maximum Gasteiger partial charge on any atom is 0.130 e. The van der Waals surface area contributed by atoms with Crippen LogP contribution in [0.3, 0.4) is 0 Å². The van der Waals surface area contributed by atoms with Gasteiger partial charge in [-0.1, -0.05) is 12.1 Å². The zero-order chi connectivity index (χ0) is 11.5. The van der Waals surface area contributed by atoms with Gasteiger partial charge < -0.3 is 10.1 Å². The minimum atomic E-state index is 0.263. The van der Waals surface area contributed by atoms with Gasteiger partial charge >= 0.3 is 0 Å². The first-order valence-corrected chi connectivity index (χ1v) is 6.03. The molecule has 1 aliphatic rings. The molecule has 1 N–H and O–H groups in total. The van der Waals surface area contributed by atoms with E-state index in [-0.39, 0.29) is 5.78 Å². The molecule has 0 amide bonds. The van der Waals surface area contributed by atoms with Crippen molar-refractivity contribution in [3.8, 4) is 0 Å². The molecule has 0 saturated heterocycles. The van der Waals surface area contributed by atoms with E-state index < -0.39 is 0 Å². The van der Waals surface area contributed by atoms with Gasteiger partial charge in [0, 0.05) is 18.2 Å². The number of Topliss-reactive ketones (excluding diaryl/α,β-unsaturated/α-hetero) is 1. The number of ketones is 1. The molecule has 1 heterocycles. The average molecular weight is 217 g/mol. The molecule has 0 fully saturated rings. The van der Waals surface area contributed by atoms with Crippen LogP contribution in [-0.2, 0) is 17.6 Å². The molecule has 0 aliphatic carbocycles. The van der Waals surface area contributed by atoms with Crippen molar-refractivity contribution < 1.29 is 4.79 Å². The van der Waals surface area contributed by atoms with E-state index in [0.29, 0.717) is 12.5 Å². The lowest BCUT2D eigenvalue weighted by Crippen LogP contribution is -2.21. The Labute approximate surface area is 97.1 Å². The fourth-order valence-electron chi connectivity index (χ4n) is 2.16. The predicted molar refractivity (Wildman–Crippen MR) is 66.8 cm³/mol. The van der Waals surface area contributed by atoms with Gasteiger partial charge in [-0.3, -0.25) is 0 Å². The van der Waals surface area contributed by atoms with Gasteiger partial charge in [0.15, 0.2) is 0 Å². The van der Waals surface area contributed by atoms with Crippen LogP contribution in [0.15, 0.2) is 18.2 Å². The van der Waals surface area contributed by atoms with Crippen molar-refractivity contribution in [3.63, 3.8) is 0 Å². The first-order valence-electron chi connectivity index (χ1n) is 6.03. The summed E-state index contributed by atoms with van der Waals surface area (Å²) in [6.45, 7) is 3.86. The summed E-state index contributed by atoms with van der Waals surface area (Å²) in [5.41, 5.74) is 3.93. The lowest BCUT2D eigenvalue weighted by atomic mass is 9.96. The summed E-state index contributed by atoms with van der Waals surface area (Å²) in [7, 11) is 0. The number of hydrogen-bond donors (Lipinski definition) is 1. The van der Waals surface area contributed by atoms with Gasteiger partial charge in [-0.2, -0.15) is 0 Å². The van der Waals surface area contributed by atoms with Gasteiger partial charge in [-0.05, 0) is 50.3 Å². The minimum Gasteiger partial charge on any atom is -0.382 e. The van der Waals surface area contributed by atoms with E-state index in [0.717, 1.165) is 12.8 Å². The highest BCUT2D eigenvalue weighted by atomic mass is 16.1. The van der Waals surface area contributed by atoms with Gasteiger partial charge in [0.1, 0.15) is 5.78 Å². The topological polar surface area (TPSA) is 29.1 Å². The van der Waals surface area contributed by atoms with Gasteiger partial charge in [0.05, 0.1) is 0 Å². The van der Waals surface area contributed by atoms with E-state index >= 15 is 0 Å². The van der Waals surface area contributed by atoms with Crippen molar-refractivity contribution in [1.82, 2.24) is 0 Å². The molecule has 2 heteroatoms. The van der Waals surface area contributed by atoms with Crippen LogP contribution in [0.5, 0.6) is 0 Å². The zero-order valence-corrected chi connectivity index (χ0v) is 10.0. The van der Waals surface area contributed by atoms with E-state index in [9.17, 15) is 4.79 Å². The van der Waals surface area contributed by atoms with Gasteiger partial charge in [-0.15, -0.1) is 0 Å². The van der Waals surface area contributed by atoms with Crippen molar-refractivity contribution in [3.05, 3.63) is 29.3 Å². The fourth-order valence-corrected chi connectivity index (χ4v) is 2.16. The van der Waals surface area contributed by atoms with Crippen LogP contribution < -0.4 is 5.32 Å². The van der Waals surface area contributed by atoms with E-state index in [4.69, 9.17) is 0 Å². The Hall–Kier alpha value is -1.31. The van der Waals surface area contributed by atoms with Gasteiger partial charge in [0.25, 0.3) is 0 Å². The highest BCUT2D eigenvalue weighted by Gasteiger charge is 2.13. The number of carbonyl (C=O) groups is 1. The number of aryl methyl sites for hydroxylation is 2. The first-order chi connectivity index (χ1) is 7.65. The molecule has 2 rings (SSSR count). The molecule has 0 aromatic heterocycles. The average Bonchev–Trinajstić information content (AvgIpc) is 2.25. The molecule has 0 bridgehead atoms. The molecular weight excluding hydrogens is 198 g/mol. The maximum atomic E-state index is 10.9. The summed E-state index contributed by atoms with van der Waals surface area (Å²) >= 11 is 0. The molecule has 1 atom stereocenters. The monoisotopic (exact) mass is 217 g/mol. The lowest BCUT2D eigenvalue weighted by molar-refractivity contribution is -0.116. The number of anilines is 1. The predicted octanol–water partition coefficient (Wildman–Crippen LogP) is 2.95. The molecule has 0 radical (unpaired) electrons. The van der Waals surface area contributed by atoms with Gasteiger partial charge in [0.2, 0.25) is 0 Å². The Balaban J connectivity index is 2.11. The largest absolute Gasteiger partial charge is 0.382 e. The standard InChI is InChI=1S/C14H19NO/c1-10-3-7-13-8-6-12(5-4-11(2)16)9-14(13)15-10/h6,8-10,15H,3-5,7H2,1-2H3/t10-/m1/s1. The van der Waals surface area contributed by atoms with Crippen LogP contribution >= 0.6 is 0 Å². The molecule has 1 aliphatic heterocycles. The summed E-state index contributed by atoms with van der Waals surface area (Å²) < 4.78 is 0. The smallest absolute Gasteiger partial charge is 0.130 e. The van der Waals surface area contributed by atoms with E-state index in [2.05, 4.69) is 30.4 Å². The summed E-state index contributed by atoms with van der Waals surface area (Å²) in [5.74, 6) is 0.263. The molecule has 16 heavy (non-hydrogen) atoms. The number of hydrogen-bond acceptors (Lipinski definition) is 2. The molecule has 1 aromatic rings. The summed E-state index contributed by atoms with van der Waals surface area (Å²) in [4.78, 5) is 10.9. The molecule has 0 unspecified atom stereocenters. The van der Waals surface area contributed by atoms with Crippen molar-refractivity contribution in [2.75, 3.05) is 5.32 Å². The summed E-state index contributed by atoms with van der Waals surface area (Å²) in [6.07, 6.45) is 3.88. The molecular formula is C14H19NO. The zero-order valence-electron chi connectivity index (χ0n) is 10.0. The Bertz CT molecular complexity index is 398. The van der Waals surface area contributed by atoms with Crippen molar-refractivity contribution in [1.29, 1.82) is 0 Å². The van der Waals surface area contributed by atoms with Gasteiger partial charge in [-0.25, -0.2) is 0 Å². The Morgan fingerprint density at radius 2 is 2.31 bits per heavy atom.